The van der Waals surface area contributed by atoms with Crippen LogP contribution in [0.25, 0.3) is 0 Å². The Hall–Kier alpha value is -1.79. The Balaban J connectivity index is 1.67. The second-order valence-electron chi connectivity index (χ2n) is 6.15. The summed E-state index contributed by atoms with van der Waals surface area (Å²) in [6.07, 6.45) is 3.86. The van der Waals surface area contributed by atoms with E-state index in [-0.39, 0.29) is 17.7 Å². The molecule has 1 saturated heterocycles. The summed E-state index contributed by atoms with van der Waals surface area (Å²) in [5, 5.41) is 10.7. The first-order valence-corrected chi connectivity index (χ1v) is 9.49. The van der Waals surface area contributed by atoms with Crippen LogP contribution in [0.2, 0.25) is 0 Å². The number of aromatic nitrogens is 2. The maximum absolute atomic E-state index is 12.7. The van der Waals surface area contributed by atoms with E-state index in [0.29, 0.717) is 6.54 Å². The molecule has 1 aliphatic rings. The molecule has 2 heterocycles. The molecule has 0 unspecified atom stereocenters. The smallest absolute Gasteiger partial charge is 0.229 e. The summed E-state index contributed by atoms with van der Waals surface area (Å²) >= 11 is 1.88. The fraction of sp³-hybridized carbons (Fsp3) is 0.444. The Kier molecular flexibility index (Phi) is 5.58. The van der Waals surface area contributed by atoms with Crippen molar-refractivity contribution < 1.29 is 4.79 Å². The molecule has 0 radical (unpaired) electrons. The Morgan fingerprint density at radius 3 is 3.08 bits per heavy atom. The molecule has 0 aliphatic carbocycles. The van der Waals surface area contributed by atoms with Crippen molar-refractivity contribution in [3.63, 3.8) is 0 Å². The Morgan fingerprint density at radius 1 is 1.46 bits per heavy atom. The van der Waals surface area contributed by atoms with E-state index >= 15 is 0 Å². The van der Waals surface area contributed by atoms with Gasteiger partial charge < -0.3 is 10.6 Å². The van der Waals surface area contributed by atoms with Crippen LogP contribution in [0.15, 0.2) is 36.7 Å². The van der Waals surface area contributed by atoms with Crippen molar-refractivity contribution in [2.24, 2.45) is 13.0 Å². The molecular formula is C18H24N4OS. The number of carbonyl (C=O) groups excluding carboxylic acids is 1. The highest BCUT2D eigenvalue weighted by molar-refractivity contribution is 7.98. The van der Waals surface area contributed by atoms with Crippen molar-refractivity contribution in [1.82, 2.24) is 15.1 Å². The molecule has 1 aliphatic heterocycles. The Bertz CT molecular complexity index is 700. The third-order valence-electron chi connectivity index (χ3n) is 4.37. The fourth-order valence-corrected chi connectivity index (χ4v) is 3.75. The van der Waals surface area contributed by atoms with Crippen molar-refractivity contribution in [2.45, 2.75) is 18.6 Å². The first kappa shape index (κ1) is 17.0. The van der Waals surface area contributed by atoms with Crippen molar-refractivity contribution in [2.75, 3.05) is 24.2 Å². The van der Waals surface area contributed by atoms with Crippen LogP contribution in [0.4, 0.5) is 5.69 Å². The molecule has 24 heavy (non-hydrogen) atoms. The number of amides is 1. The van der Waals surface area contributed by atoms with Crippen molar-refractivity contribution in [1.29, 1.82) is 0 Å². The summed E-state index contributed by atoms with van der Waals surface area (Å²) in [4.78, 5) is 12.7. The SMILES string of the molecule is CCSCc1cccc(NC(=O)[C@H]2CNC[C@@H]2c2cnn(C)c2)c1. The maximum Gasteiger partial charge on any atom is 0.229 e. The number of benzene rings is 1. The maximum atomic E-state index is 12.7. The number of thioether (sulfide) groups is 1. The molecule has 1 fully saturated rings. The van der Waals surface area contributed by atoms with Gasteiger partial charge in [-0.15, -0.1) is 0 Å². The quantitative estimate of drug-likeness (QED) is 0.846. The number of nitrogens with zero attached hydrogens (tertiary/aromatic N) is 2. The zero-order chi connectivity index (χ0) is 16.9. The van der Waals surface area contributed by atoms with Crippen LogP contribution in [0.5, 0.6) is 0 Å². The van der Waals surface area contributed by atoms with Gasteiger partial charge in [0.1, 0.15) is 0 Å². The molecule has 6 heteroatoms. The summed E-state index contributed by atoms with van der Waals surface area (Å²) in [7, 11) is 1.90. The predicted octanol–water partition coefficient (Wildman–Crippen LogP) is 2.61. The van der Waals surface area contributed by atoms with E-state index in [0.717, 1.165) is 29.3 Å². The third-order valence-corrected chi connectivity index (χ3v) is 5.32. The molecule has 3 rings (SSSR count). The topological polar surface area (TPSA) is 59.0 Å². The van der Waals surface area contributed by atoms with Crippen LogP contribution < -0.4 is 10.6 Å². The van der Waals surface area contributed by atoms with Gasteiger partial charge >= 0.3 is 0 Å². The highest BCUT2D eigenvalue weighted by Gasteiger charge is 2.34. The standard InChI is InChI=1S/C18H24N4OS/c1-3-24-12-13-5-4-6-15(7-13)21-18(23)17-10-19-9-16(17)14-8-20-22(2)11-14/h4-8,11,16-17,19H,3,9-10,12H2,1-2H3,(H,21,23)/t16-,17+/m1/s1. The number of carbonyl (C=O) groups is 1. The minimum atomic E-state index is -0.0668. The van der Waals surface area contributed by atoms with Gasteiger partial charge in [-0.25, -0.2) is 0 Å². The van der Waals surface area contributed by atoms with Gasteiger partial charge in [-0.3, -0.25) is 9.48 Å². The number of hydrogen-bond acceptors (Lipinski definition) is 4. The molecule has 2 atom stereocenters. The van der Waals surface area contributed by atoms with Gasteiger partial charge in [0, 0.05) is 43.7 Å². The number of anilines is 1. The lowest BCUT2D eigenvalue weighted by Crippen LogP contribution is -2.28. The molecule has 2 aromatic rings. The van der Waals surface area contributed by atoms with Crippen molar-refractivity contribution in [3.8, 4) is 0 Å². The fourth-order valence-electron chi connectivity index (χ4n) is 3.13. The molecule has 2 N–H and O–H groups in total. The van der Waals surface area contributed by atoms with Crippen LogP contribution in [0.3, 0.4) is 0 Å². The third kappa shape index (κ3) is 3.99. The van der Waals surface area contributed by atoms with Gasteiger partial charge in [-0.2, -0.15) is 16.9 Å². The summed E-state index contributed by atoms with van der Waals surface area (Å²) < 4.78 is 1.79. The van der Waals surface area contributed by atoms with Gasteiger partial charge in [0.15, 0.2) is 0 Å². The number of nitrogens with one attached hydrogen (secondary N) is 2. The lowest BCUT2D eigenvalue weighted by Gasteiger charge is -2.17. The average Bonchev–Trinajstić information content (AvgIpc) is 3.21. The van der Waals surface area contributed by atoms with Crippen LogP contribution in [-0.4, -0.2) is 34.5 Å². The van der Waals surface area contributed by atoms with E-state index < -0.39 is 0 Å². The average molecular weight is 344 g/mol. The van der Waals surface area contributed by atoms with Crippen LogP contribution in [0, 0.1) is 5.92 Å². The second-order valence-corrected chi connectivity index (χ2v) is 7.42. The highest BCUT2D eigenvalue weighted by atomic mass is 32.2. The first-order chi connectivity index (χ1) is 11.7. The molecule has 1 amide bonds. The van der Waals surface area contributed by atoms with Gasteiger partial charge in [-0.05, 0) is 29.0 Å². The zero-order valence-electron chi connectivity index (χ0n) is 14.2. The molecule has 5 nitrogen and oxygen atoms in total. The van der Waals surface area contributed by atoms with Gasteiger partial charge in [-0.1, -0.05) is 19.1 Å². The van der Waals surface area contributed by atoms with Crippen LogP contribution in [0.1, 0.15) is 24.0 Å². The molecule has 1 aromatic carbocycles. The number of hydrogen-bond donors (Lipinski definition) is 2. The molecular weight excluding hydrogens is 320 g/mol. The van der Waals surface area contributed by atoms with Crippen LogP contribution in [-0.2, 0) is 17.6 Å². The molecule has 0 saturated carbocycles. The van der Waals surface area contributed by atoms with Gasteiger partial charge in [0.2, 0.25) is 5.91 Å². The van der Waals surface area contributed by atoms with E-state index in [4.69, 9.17) is 0 Å². The minimum absolute atomic E-state index is 0.0668. The normalized spacial score (nSPS) is 20.2. The summed E-state index contributed by atoms with van der Waals surface area (Å²) in [5.74, 6) is 2.26. The van der Waals surface area contributed by atoms with E-state index in [1.54, 1.807) is 4.68 Å². The summed E-state index contributed by atoms with van der Waals surface area (Å²) in [6, 6.07) is 8.14. The summed E-state index contributed by atoms with van der Waals surface area (Å²) in [5.41, 5.74) is 3.25. The van der Waals surface area contributed by atoms with Gasteiger partial charge in [0.25, 0.3) is 0 Å². The lowest BCUT2D eigenvalue weighted by molar-refractivity contribution is -0.119. The van der Waals surface area contributed by atoms with E-state index in [1.807, 2.05) is 43.3 Å². The predicted molar refractivity (Wildman–Crippen MR) is 99.2 cm³/mol. The van der Waals surface area contributed by atoms with Crippen molar-refractivity contribution in [3.05, 3.63) is 47.8 Å². The largest absolute Gasteiger partial charge is 0.326 e. The molecule has 0 spiro atoms. The van der Waals surface area contributed by atoms with Gasteiger partial charge in [0.05, 0.1) is 12.1 Å². The molecule has 1 aromatic heterocycles. The highest BCUT2D eigenvalue weighted by Crippen LogP contribution is 2.29. The lowest BCUT2D eigenvalue weighted by atomic mass is 9.90. The van der Waals surface area contributed by atoms with E-state index in [2.05, 4.69) is 34.8 Å². The van der Waals surface area contributed by atoms with E-state index in [1.165, 1.54) is 5.56 Å². The number of rotatable bonds is 6. The molecule has 0 bridgehead atoms. The van der Waals surface area contributed by atoms with E-state index in [9.17, 15) is 4.79 Å². The number of aryl methyl sites for hydroxylation is 1. The van der Waals surface area contributed by atoms with Crippen LogP contribution >= 0.6 is 11.8 Å². The second kappa shape index (κ2) is 7.85. The minimum Gasteiger partial charge on any atom is -0.326 e. The summed E-state index contributed by atoms with van der Waals surface area (Å²) in [6.45, 7) is 3.68. The Morgan fingerprint density at radius 2 is 2.33 bits per heavy atom. The first-order valence-electron chi connectivity index (χ1n) is 8.34. The monoisotopic (exact) mass is 344 g/mol. The Labute approximate surface area is 147 Å². The molecule has 128 valence electrons. The zero-order valence-corrected chi connectivity index (χ0v) is 15.0. The van der Waals surface area contributed by atoms with Crippen molar-refractivity contribution >= 4 is 23.4 Å².